The van der Waals surface area contributed by atoms with E-state index in [0.717, 1.165) is 0 Å². The Bertz CT molecular complexity index is 1070. The van der Waals surface area contributed by atoms with Gasteiger partial charge in [-0.05, 0) is 49.4 Å². The number of hydrogen-bond acceptors (Lipinski definition) is 6. The summed E-state index contributed by atoms with van der Waals surface area (Å²) in [6.45, 7) is 1.60. The number of carbonyl (C=O) groups is 1. The van der Waals surface area contributed by atoms with Crippen molar-refractivity contribution in [2.24, 2.45) is 7.05 Å². The molecule has 33 heavy (non-hydrogen) atoms. The van der Waals surface area contributed by atoms with Crippen LogP contribution in [0.15, 0.2) is 60.7 Å². The number of halogens is 3. The van der Waals surface area contributed by atoms with Crippen LogP contribution in [0.5, 0.6) is 11.5 Å². The fourth-order valence-electron chi connectivity index (χ4n) is 3.05. The zero-order valence-electron chi connectivity index (χ0n) is 18.3. The third-order valence-electron chi connectivity index (χ3n) is 4.69. The van der Waals surface area contributed by atoms with Gasteiger partial charge in [0.05, 0.1) is 31.7 Å². The number of carbonyl (C=O) groups excluding carboxylic acids is 1. The Labute approximate surface area is 188 Å². The van der Waals surface area contributed by atoms with Crippen molar-refractivity contribution in [3.05, 3.63) is 66.4 Å². The van der Waals surface area contributed by atoms with Crippen LogP contribution in [0.1, 0.15) is 12.6 Å². The van der Waals surface area contributed by atoms with Gasteiger partial charge in [-0.1, -0.05) is 18.2 Å². The Morgan fingerprint density at radius 2 is 1.64 bits per heavy atom. The molecule has 0 amide bonds. The second-order valence-electron chi connectivity index (χ2n) is 7.35. The van der Waals surface area contributed by atoms with Crippen molar-refractivity contribution >= 4 is 5.97 Å². The first-order chi connectivity index (χ1) is 15.6. The summed E-state index contributed by atoms with van der Waals surface area (Å²) in [5.41, 5.74) is 0.475. The number of nitrogens with zero attached hydrogens (tertiary/aromatic N) is 2. The summed E-state index contributed by atoms with van der Waals surface area (Å²) in [5, 5.41) is 4.37. The number of esters is 1. The van der Waals surface area contributed by atoms with E-state index in [9.17, 15) is 18.0 Å². The van der Waals surface area contributed by atoms with Crippen LogP contribution in [0.25, 0.3) is 11.3 Å². The minimum atomic E-state index is -4.75. The van der Waals surface area contributed by atoms with E-state index in [1.807, 2.05) is 6.07 Å². The zero-order valence-corrected chi connectivity index (χ0v) is 18.3. The number of para-hydroxylation sites is 1. The fraction of sp³-hybridized carbons (Fsp3) is 0.304. The van der Waals surface area contributed by atoms with Crippen molar-refractivity contribution in [3.8, 4) is 22.8 Å². The molecule has 0 saturated heterocycles. The minimum Gasteiger partial charge on any atom is -0.473 e. The topological polar surface area (TPSA) is 71.8 Å². The summed E-state index contributed by atoms with van der Waals surface area (Å²) >= 11 is 0. The van der Waals surface area contributed by atoms with Crippen LogP contribution in [0.4, 0.5) is 13.2 Å². The summed E-state index contributed by atoms with van der Waals surface area (Å²) < 4.78 is 58.9. The maximum Gasteiger partial charge on any atom is 0.573 e. The molecule has 7 nitrogen and oxygen atoms in total. The fourth-order valence-corrected chi connectivity index (χ4v) is 3.05. The van der Waals surface area contributed by atoms with Gasteiger partial charge in [-0.25, -0.2) is 4.79 Å². The summed E-state index contributed by atoms with van der Waals surface area (Å²) in [4.78, 5) is 12.3. The molecule has 2 aromatic carbocycles. The summed E-state index contributed by atoms with van der Waals surface area (Å²) in [6, 6.07) is 16.0. The summed E-state index contributed by atoms with van der Waals surface area (Å²) in [6.07, 6.45) is -4.75. The first-order valence-electron chi connectivity index (χ1n) is 9.89. The van der Waals surface area contributed by atoms with E-state index in [-0.39, 0.29) is 19.0 Å². The Morgan fingerprint density at radius 1 is 1.00 bits per heavy atom. The first kappa shape index (κ1) is 24.1. The Kier molecular flexibility index (Phi) is 7.27. The van der Waals surface area contributed by atoms with Gasteiger partial charge in [-0.3, -0.25) is 4.68 Å². The number of aromatic nitrogens is 2. The van der Waals surface area contributed by atoms with E-state index in [4.69, 9.17) is 14.2 Å². The number of ether oxygens (including phenoxy) is 4. The van der Waals surface area contributed by atoms with Gasteiger partial charge in [-0.2, -0.15) is 5.10 Å². The molecule has 0 radical (unpaired) electrons. The molecule has 1 atom stereocenters. The van der Waals surface area contributed by atoms with Crippen LogP contribution in [0.2, 0.25) is 0 Å². The SMILES string of the molecule is COC(=O)C(C)(COCc1cc(-c2ccc(OC(F)(F)F)cc2)nn1C)Oc1ccccc1. The van der Waals surface area contributed by atoms with Crippen LogP contribution < -0.4 is 9.47 Å². The van der Waals surface area contributed by atoms with E-state index in [1.54, 1.807) is 49.0 Å². The molecule has 1 heterocycles. The third kappa shape index (κ3) is 6.48. The standard InChI is InChI=1S/C23H23F3N2O5/c1-22(21(29)30-3,32-18-7-5-4-6-8-18)15-31-14-17-13-20(27-28(17)2)16-9-11-19(12-10-16)33-23(24,25)26/h4-13H,14-15H2,1-3H3. The molecule has 176 valence electrons. The highest BCUT2D eigenvalue weighted by atomic mass is 19.4. The largest absolute Gasteiger partial charge is 0.573 e. The number of benzene rings is 2. The lowest BCUT2D eigenvalue weighted by molar-refractivity contribution is -0.274. The Hall–Kier alpha value is -3.53. The summed E-state index contributed by atoms with van der Waals surface area (Å²) in [5.74, 6) is -0.403. The van der Waals surface area contributed by atoms with E-state index >= 15 is 0 Å². The minimum absolute atomic E-state index is 0.0848. The molecule has 0 N–H and O–H groups in total. The Morgan fingerprint density at radius 3 is 2.24 bits per heavy atom. The average molecular weight is 464 g/mol. The van der Waals surface area contributed by atoms with Gasteiger partial charge in [-0.15, -0.1) is 13.2 Å². The lowest BCUT2D eigenvalue weighted by Gasteiger charge is -2.27. The van der Waals surface area contributed by atoms with E-state index in [1.165, 1.54) is 31.4 Å². The highest BCUT2D eigenvalue weighted by Gasteiger charge is 2.37. The van der Waals surface area contributed by atoms with Crippen molar-refractivity contribution < 1.29 is 36.9 Å². The quantitative estimate of drug-likeness (QED) is 0.434. The molecule has 0 aliphatic carbocycles. The predicted octanol–water partition coefficient (Wildman–Crippen LogP) is 4.51. The number of rotatable bonds is 9. The first-order valence-corrected chi connectivity index (χ1v) is 9.89. The van der Waals surface area contributed by atoms with Crippen molar-refractivity contribution in [1.82, 2.24) is 9.78 Å². The van der Waals surface area contributed by atoms with E-state index in [2.05, 4.69) is 9.84 Å². The highest BCUT2D eigenvalue weighted by molar-refractivity contribution is 5.79. The molecule has 0 aliphatic rings. The molecule has 0 aliphatic heterocycles. The maximum atomic E-state index is 12.3. The van der Waals surface area contributed by atoms with Crippen LogP contribution in [-0.2, 0) is 27.9 Å². The van der Waals surface area contributed by atoms with Gasteiger partial charge in [0.1, 0.15) is 11.5 Å². The molecule has 0 bridgehead atoms. The number of aryl methyl sites for hydroxylation is 1. The van der Waals surface area contributed by atoms with Crippen LogP contribution in [0.3, 0.4) is 0 Å². The number of alkyl halides is 3. The highest BCUT2D eigenvalue weighted by Crippen LogP contribution is 2.27. The second-order valence-corrected chi connectivity index (χ2v) is 7.35. The van der Waals surface area contributed by atoms with E-state index in [0.29, 0.717) is 22.7 Å². The third-order valence-corrected chi connectivity index (χ3v) is 4.69. The average Bonchev–Trinajstić information content (AvgIpc) is 3.13. The lowest BCUT2D eigenvalue weighted by Crippen LogP contribution is -2.46. The Balaban J connectivity index is 1.66. The number of hydrogen-bond donors (Lipinski definition) is 0. The van der Waals surface area contributed by atoms with E-state index < -0.39 is 17.9 Å². The molecule has 0 fully saturated rings. The van der Waals surface area contributed by atoms with Gasteiger partial charge in [0, 0.05) is 12.6 Å². The number of methoxy groups -OCH3 is 1. The molecule has 10 heteroatoms. The van der Waals surface area contributed by atoms with Gasteiger partial charge in [0.25, 0.3) is 0 Å². The molecule has 1 aromatic heterocycles. The monoisotopic (exact) mass is 464 g/mol. The molecule has 1 unspecified atom stereocenters. The normalized spacial score (nSPS) is 13.3. The molecular weight excluding hydrogens is 441 g/mol. The van der Waals surface area contributed by atoms with Gasteiger partial charge in [0.15, 0.2) is 0 Å². The van der Waals surface area contributed by atoms with Crippen molar-refractivity contribution in [1.29, 1.82) is 0 Å². The van der Waals surface area contributed by atoms with Crippen LogP contribution >= 0.6 is 0 Å². The van der Waals surface area contributed by atoms with Crippen molar-refractivity contribution in [2.45, 2.75) is 25.5 Å². The smallest absolute Gasteiger partial charge is 0.473 e. The molecule has 0 spiro atoms. The van der Waals surface area contributed by atoms with Crippen LogP contribution in [0, 0.1) is 0 Å². The van der Waals surface area contributed by atoms with Crippen molar-refractivity contribution in [2.75, 3.05) is 13.7 Å². The molecular formula is C23H23F3N2O5. The maximum absolute atomic E-state index is 12.3. The van der Waals surface area contributed by atoms with Gasteiger partial charge >= 0.3 is 12.3 Å². The second kappa shape index (κ2) is 9.95. The predicted molar refractivity (Wildman–Crippen MR) is 112 cm³/mol. The molecule has 0 saturated carbocycles. The molecule has 3 aromatic rings. The van der Waals surface area contributed by atoms with Gasteiger partial charge < -0.3 is 18.9 Å². The zero-order chi connectivity index (χ0) is 24.1. The van der Waals surface area contributed by atoms with Crippen molar-refractivity contribution in [3.63, 3.8) is 0 Å². The van der Waals surface area contributed by atoms with Gasteiger partial charge in [0.2, 0.25) is 5.60 Å². The molecule has 3 rings (SSSR count). The lowest BCUT2D eigenvalue weighted by atomic mass is 10.1. The van der Waals surface area contributed by atoms with Crippen LogP contribution in [-0.4, -0.2) is 41.4 Å². The summed E-state index contributed by atoms with van der Waals surface area (Å²) in [7, 11) is 2.98.